The summed E-state index contributed by atoms with van der Waals surface area (Å²) in [6, 6.07) is -0.168. The van der Waals surface area contributed by atoms with Gasteiger partial charge in [-0.05, 0) is 51.9 Å². The zero-order valence-electron chi connectivity index (χ0n) is 11.3. The highest BCUT2D eigenvalue weighted by Crippen LogP contribution is 2.44. The van der Waals surface area contributed by atoms with Gasteiger partial charge in [0.2, 0.25) is 11.8 Å². The first-order valence-electron chi connectivity index (χ1n) is 7.13. The molecule has 3 fully saturated rings. The van der Waals surface area contributed by atoms with Crippen LogP contribution in [0.1, 0.15) is 46.0 Å². The van der Waals surface area contributed by atoms with Crippen LogP contribution >= 0.6 is 0 Å². The van der Waals surface area contributed by atoms with E-state index in [2.05, 4.69) is 13.8 Å². The van der Waals surface area contributed by atoms with Crippen LogP contribution in [-0.2, 0) is 9.59 Å². The molecule has 4 nitrogen and oxygen atoms in total. The van der Waals surface area contributed by atoms with Crippen LogP contribution in [0.5, 0.6) is 0 Å². The molecule has 18 heavy (non-hydrogen) atoms. The summed E-state index contributed by atoms with van der Waals surface area (Å²) in [4.78, 5) is 28.5. The lowest BCUT2D eigenvalue weighted by Crippen LogP contribution is -2.66. The Bertz CT molecular complexity index is 387. The van der Waals surface area contributed by atoms with Crippen LogP contribution < -0.4 is 0 Å². The maximum atomic E-state index is 12.6. The number of hydrogen-bond donors (Lipinski definition) is 0. The zero-order valence-corrected chi connectivity index (χ0v) is 11.3. The molecule has 4 heteroatoms. The van der Waals surface area contributed by atoms with Crippen molar-refractivity contribution in [2.75, 3.05) is 13.1 Å². The molecular weight excluding hydrogens is 228 g/mol. The second-order valence-corrected chi connectivity index (χ2v) is 6.45. The topological polar surface area (TPSA) is 40.6 Å². The number of amides is 2. The van der Waals surface area contributed by atoms with E-state index >= 15 is 0 Å². The standard InChI is InChI=1S/C14H22N2O2/c1-14(2,10-6-7-10)16-9-12(17)15-8-4-3-5-11(15)13(16)18/h10-11H,3-9H2,1-2H3. The molecule has 0 aromatic carbocycles. The van der Waals surface area contributed by atoms with E-state index in [4.69, 9.17) is 0 Å². The SMILES string of the molecule is CC(C)(C1CC1)N1CC(=O)N2CCCCC2C1=O. The van der Waals surface area contributed by atoms with Crippen LogP contribution in [-0.4, -0.2) is 46.3 Å². The van der Waals surface area contributed by atoms with Crippen molar-refractivity contribution in [1.29, 1.82) is 0 Å². The molecule has 2 aliphatic heterocycles. The fraction of sp³-hybridized carbons (Fsp3) is 0.857. The molecule has 0 spiro atoms. The first kappa shape index (κ1) is 12.0. The van der Waals surface area contributed by atoms with Gasteiger partial charge in [-0.15, -0.1) is 0 Å². The highest BCUT2D eigenvalue weighted by atomic mass is 16.2. The zero-order chi connectivity index (χ0) is 12.9. The molecule has 1 aliphatic carbocycles. The van der Waals surface area contributed by atoms with Gasteiger partial charge in [-0.2, -0.15) is 0 Å². The molecule has 2 saturated heterocycles. The minimum Gasteiger partial charge on any atom is -0.329 e. The van der Waals surface area contributed by atoms with Crippen LogP contribution in [0.3, 0.4) is 0 Å². The van der Waals surface area contributed by atoms with Crippen molar-refractivity contribution in [2.24, 2.45) is 5.92 Å². The van der Waals surface area contributed by atoms with E-state index in [0.717, 1.165) is 25.8 Å². The van der Waals surface area contributed by atoms with Crippen LogP contribution in [0.2, 0.25) is 0 Å². The lowest BCUT2D eigenvalue weighted by Gasteiger charge is -2.48. The predicted molar refractivity (Wildman–Crippen MR) is 67.9 cm³/mol. The van der Waals surface area contributed by atoms with E-state index in [1.165, 1.54) is 12.8 Å². The summed E-state index contributed by atoms with van der Waals surface area (Å²) in [5.41, 5.74) is -0.143. The third-order valence-corrected chi connectivity index (χ3v) is 4.94. The van der Waals surface area contributed by atoms with Gasteiger partial charge in [0.15, 0.2) is 0 Å². The van der Waals surface area contributed by atoms with Crippen molar-refractivity contribution >= 4 is 11.8 Å². The normalized spacial score (nSPS) is 29.6. The van der Waals surface area contributed by atoms with E-state index < -0.39 is 0 Å². The first-order valence-corrected chi connectivity index (χ1v) is 7.13. The van der Waals surface area contributed by atoms with Crippen molar-refractivity contribution in [3.05, 3.63) is 0 Å². The van der Waals surface area contributed by atoms with E-state index in [-0.39, 0.29) is 23.4 Å². The van der Waals surface area contributed by atoms with E-state index in [0.29, 0.717) is 12.5 Å². The van der Waals surface area contributed by atoms with Gasteiger partial charge in [-0.3, -0.25) is 9.59 Å². The number of piperidine rings is 1. The molecular formula is C14H22N2O2. The first-order chi connectivity index (χ1) is 8.51. The van der Waals surface area contributed by atoms with Gasteiger partial charge in [0, 0.05) is 12.1 Å². The number of nitrogens with zero attached hydrogens (tertiary/aromatic N) is 2. The molecule has 1 unspecified atom stereocenters. The Kier molecular flexibility index (Phi) is 2.65. The molecule has 1 atom stereocenters. The number of carbonyl (C=O) groups is 2. The molecule has 2 heterocycles. The van der Waals surface area contributed by atoms with Crippen LogP contribution in [0.25, 0.3) is 0 Å². The van der Waals surface area contributed by atoms with Gasteiger partial charge < -0.3 is 9.80 Å². The van der Waals surface area contributed by atoms with Gasteiger partial charge in [0.25, 0.3) is 0 Å². The van der Waals surface area contributed by atoms with Crippen molar-refractivity contribution in [3.63, 3.8) is 0 Å². The average molecular weight is 250 g/mol. The minimum atomic E-state index is -0.168. The number of carbonyl (C=O) groups excluding carboxylic acids is 2. The smallest absolute Gasteiger partial charge is 0.246 e. The molecule has 3 rings (SSSR count). The quantitative estimate of drug-likeness (QED) is 0.743. The van der Waals surface area contributed by atoms with Crippen LogP contribution in [0, 0.1) is 5.92 Å². The third kappa shape index (κ3) is 1.73. The molecule has 0 bridgehead atoms. The highest BCUT2D eigenvalue weighted by Gasteiger charge is 2.50. The Labute approximate surface area is 108 Å². The molecule has 100 valence electrons. The molecule has 0 aromatic heterocycles. The molecule has 0 N–H and O–H groups in total. The summed E-state index contributed by atoms with van der Waals surface area (Å²) in [5.74, 6) is 0.920. The van der Waals surface area contributed by atoms with Gasteiger partial charge in [0.05, 0.1) is 0 Å². The van der Waals surface area contributed by atoms with E-state index in [1.54, 1.807) is 0 Å². The van der Waals surface area contributed by atoms with Gasteiger partial charge >= 0.3 is 0 Å². The van der Waals surface area contributed by atoms with Crippen LogP contribution in [0.4, 0.5) is 0 Å². The maximum absolute atomic E-state index is 12.6. The molecule has 3 aliphatic rings. The maximum Gasteiger partial charge on any atom is 0.246 e. The van der Waals surface area contributed by atoms with Crippen molar-refractivity contribution < 1.29 is 9.59 Å². The predicted octanol–water partition coefficient (Wildman–Crippen LogP) is 1.40. The second kappa shape index (κ2) is 3.97. The minimum absolute atomic E-state index is 0.143. The summed E-state index contributed by atoms with van der Waals surface area (Å²) >= 11 is 0. The lowest BCUT2D eigenvalue weighted by atomic mass is 9.91. The number of fused-ring (bicyclic) bond motifs is 1. The number of rotatable bonds is 2. The molecule has 0 radical (unpaired) electrons. The lowest BCUT2D eigenvalue weighted by molar-refractivity contribution is -0.163. The molecule has 1 saturated carbocycles. The Morgan fingerprint density at radius 2 is 1.83 bits per heavy atom. The van der Waals surface area contributed by atoms with Crippen molar-refractivity contribution in [3.8, 4) is 0 Å². The Balaban J connectivity index is 1.84. The molecule has 0 aromatic rings. The van der Waals surface area contributed by atoms with Gasteiger partial charge in [-0.25, -0.2) is 0 Å². The fourth-order valence-corrected chi connectivity index (χ4v) is 3.47. The van der Waals surface area contributed by atoms with Gasteiger partial charge in [-0.1, -0.05) is 0 Å². The van der Waals surface area contributed by atoms with Gasteiger partial charge in [0.1, 0.15) is 12.6 Å². The van der Waals surface area contributed by atoms with E-state index in [1.807, 2.05) is 9.80 Å². The van der Waals surface area contributed by atoms with E-state index in [9.17, 15) is 9.59 Å². The summed E-state index contributed by atoms with van der Waals surface area (Å²) in [6.07, 6.45) is 5.35. The number of piperazine rings is 1. The largest absolute Gasteiger partial charge is 0.329 e. The summed E-state index contributed by atoms with van der Waals surface area (Å²) < 4.78 is 0. The molecule has 2 amide bonds. The third-order valence-electron chi connectivity index (χ3n) is 4.94. The highest BCUT2D eigenvalue weighted by molar-refractivity contribution is 5.95. The monoisotopic (exact) mass is 250 g/mol. The summed E-state index contributed by atoms with van der Waals surface area (Å²) in [6.45, 7) is 5.30. The summed E-state index contributed by atoms with van der Waals surface area (Å²) in [5, 5.41) is 0. The summed E-state index contributed by atoms with van der Waals surface area (Å²) in [7, 11) is 0. The Morgan fingerprint density at radius 1 is 1.11 bits per heavy atom. The van der Waals surface area contributed by atoms with Crippen LogP contribution in [0.15, 0.2) is 0 Å². The van der Waals surface area contributed by atoms with Crippen molar-refractivity contribution in [1.82, 2.24) is 9.80 Å². The number of hydrogen-bond acceptors (Lipinski definition) is 2. The fourth-order valence-electron chi connectivity index (χ4n) is 3.47. The average Bonchev–Trinajstić information content (AvgIpc) is 3.18. The van der Waals surface area contributed by atoms with Crippen molar-refractivity contribution in [2.45, 2.75) is 57.5 Å². The second-order valence-electron chi connectivity index (χ2n) is 6.45. The Hall–Kier alpha value is -1.06. The Morgan fingerprint density at radius 3 is 2.50 bits per heavy atom.